The molecule has 19 heavy (non-hydrogen) atoms. The molecule has 0 fully saturated rings. The van der Waals surface area contributed by atoms with Crippen LogP contribution in [0.5, 0.6) is 0 Å². The van der Waals surface area contributed by atoms with Crippen LogP contribution in [0.15, 0.2) is 47.2 Å². The number of ether oxygens (including phenoxy) is 1. The molecule has 1 aromatic carbocycles. The summed E-state index contributed by atoms with van der Waals surface area (Å²) < 4.78 is 18.3. The van der Waals surface area contributed by atoms with Gasteiger partial charge in [0.05, 0.1) is 22.6 Å². The number of pyridine rings is 1. The maximum Gasteiger partial charge on any atom is 0.412 e. The van der Waals surface area contributed by atoms with E-state index in [1.54, 1.807) is 0 Å². The molecule has 0 bridgehead atoms. The highest BCUT2D eigenvalue weighted by molar-refractivity contribution is 9.10. The lowest BCUT2D eigenvalue weighted by Gasteiger charge is -2.08. The van der Waals surface area contributed by atoms with E-state index in [9.17, 15) is 9.18 Å². The first kappa shape index (κ1) is 13.5. The first-order chi connectivity index (χ1) is 9.16. The molecule has 1 N–H and O–H groups in total. The summed E-state index contributed by atoms with van der Waals surface area (Å²) in [6.07, 6.45) is 1.71. The van der Waals surface area contributed by atoms with E-state index in [-0.39, 0.29) is 16.8 Å². The zero-order valence-corrected chi connectivity index (χ0v) is 11.4. The zero-order chi connectivity index (χ0) is 13.7. The number of amides is 1. The van der Waals surface area contributed by atoms with Crippen molar-refractivity contribution in [3.05, 3.63) is 58.6 Å². The Morgan fingerprint density at radius 3 is 2.79 bits per heavy atom. The maximum atomic E-state index is 13.2. The SMILES string of the molecule is O=C(Nc1cncc(F)c1Br)OCc1ccccc1. The third kappa shape index (κ3) is 3.75. The lowest BCUT2D eigenvalue weighted by atomic mass is 10.2. The van der Waals surface area contributed by atoms with Crippen molar-refractivity contribution in [3.8, 4) is 0 Å². The minimum atomic E-state index is -0.669. The Hall–Kier alpha value is -1.95. The molecule has 2 rings (SSSR count). The van der Waals surface area contributed by atoms with Crippen LogP contribution in [0.1, 0.15) is 5.56 Å². The van der Waals surface area contributed by atoms with E-state index >= 15 is 0 Å². The van der Waals surface area contributed by atoms with E-state index in [0.717, 1.165) is 11.8 Å². The highest BCUT2D eigenvalue weighted by Gasteiger charge is 2.10. The lowest BCUT2D eigenvalue weighted by Crippen LogP contribution is -2.14. The Labute approximate surface area is 117 Å². The standard InChI is InChI=1S/C13H10BrFN2O2/c14-12-10(15)6-16-7-11(12)17-13(18)19-8-9-4-2-1-3-5-9/h1-7H,8H2,(H,17,18). The van der Waals surface area contributed by atoms with Crippen LogP contribution in [0, 0.1) is 5.82 Å². The maximum absolute atomic E-state index is 13.2. The molecule has 98 valence electrons. The van der Waals surface area contributed by atoms with E-state index in [4.69, 9.17) is 4.74 Å². The van der Waals surface area contributed by atoms with Crippen molar-refractivity contribution in [2.45, 2.75) is 6.61 Å². The number of rotatable bonds is 3. The molecule has 4 nitrogen and oxygen atoms in total. The van der Waals surface area contributed by atoms with Crippen molar-refractivity contribution in [3.63, 3.8) is 0 Å². The molecule has 1 amide bonds. The Balaban J connectivity index is 1.93. The molecule has 0 unspecified atom stereocenters. The van der Waals surface area contributed by atoms with Crippen LogP contribution in [0.4, 0.5) is 14.9 Å². The van der Waals surface area contributed by atoms with Crippen molar-refractivity contribution < 1.29 is 13.9 Å². The smallest absolute Gasteiger partial charge is 0.412 e. The molecule has 0 saturated heterocycles. The van der Waals surface area contributed by atoms with Gasteiger partial charge in [0, 0.05) is 0 Å². The highest BCUT2D eigenvalue weighted by atomic mass is 79.9. The van der Waals surface area contributed by atoms with Crippen molar-refractivity contribution in [1.29, 1.82) is 0 Å². The van der Waals surface area contributed by atoms with E-state index in [0.29, 0.717) is 0 Å². The van der Waals surface area contributed by atoms with Crippen LogP contribution in [0.2, 0.25) is 0 Å². The van der Waals surface area contributed by atoms with E-state index in [1.807, 2.05) is 30.3 Å². The number of halogens is 2. The van der Waals surface area contributed by atoms with E-state index < -0.39 is 11.9 Å². The van der Waals surface area contributed by atoms with Gasteiger partial charge >= 0.3 is 6.09 Å². The summed E-state index contributed by atoms with van der Waals surface area (Å²) >= 11 is 3.02. The molecule has 6 heteroatoms. The van der Waals surface area contributed by atoms with Crippen LogP contribution < -0.4 is 5.32 Å². The van der Waals surface area contributed by atoms with Crippen LogP contribution >= 0.6 is 15.9 Å². The molecular formula is C13H10BrFN2O2. The van der Waals surface area contributed by atoms with Gasteiger partial charge in [0.15, 0.2) is 5.82 Å². The fraction of sp³-hybridized carbons (Fsp3) is 0.0769. The number of nitrogens with one attached hydrogen (secondary N) is 1. The topological polar surface area (TPSA) is 51.2 Å². The van der Waals surface area contributed by atoms with Gasteiger partial charge in [0.1, 0.15) is 6.61 Å². The van der Waals surface area contributed by atoms with Crippen LogP contribution in [0.25, 0.3) is 0 Å². The van der Waals surface area contributed by atoms with Gasteiger partial charge in [-0.2, -0.15) is 0 Å². The normalized spacial score (nSPS) is 10.0. The molecule has 0 aliphatic carbocycles. The molecule has 2 aromatic rings. The molecule has 0 saturated carbocycles. The quantitative estimate of drug-likeness (QED) is 0.935. The van der Waals surface area contributed by atoms with Gasteiger partial charge in [-0.25, -0.2) is 9.18 Å². The number of hydrogen-bond donors (Lipinski definition) is 1. The van der Waals surface area contributed by atoms with Crippen LogP contribution in [-0.4, -0.2) is 11.1 Å². The van der Waals surface area contributed by atoms with Gasteiger partial charge < -0.3 is 4.74 Å². The second-order valence-corrected chi connectivity index (χ2v) is 4.46. The average molecular weight is 325 g/mol. The number of anilines is 1. The molecule has 0 aliphatic rings. The van der Waals surface area contributed by atoms with Gasteiger partial charge in [0.2, 0.25) is 0 Å². The third-order valence-corrected chi connectivity index (χ3v) is 3.09. The number of benzene rings is 1. The largest absolute Gasteiger partial charge is 0.444 e. The predicted molar refractivity (Wildman–Crippen MR) is 72.1 cm³/mol. The molecule has 0 aliphatic heterocycles. The minimum absolute atomic E-state index is 0.138. The molecule has 0 atom stereocenters. The van der Waals surface area contributed by atoms with Gasteiger partial charge in [-0.05, 0) is 21.5 Å². The Kier molecular flexibility index (Phi) is 4.46. The number of nitrogens with zero attached hydrogens (tertiary/aromatic N) is 1. The number of carbonyl (C=O) groups excluding carboxylic acids is 1. The van der Waals surface area contributed by atoms with Crippen LogP contribution in [0.3, 0.4) is 0 Å². The predicted octanol–water partition coefficient (Wildman–Crippen LogP) is 3.73. The Morgan fingerprint density at radius 2 is 2.05 bits per heavy atom. The second kappa shape index (κ2) is 6.29. The first-order valence-corrected chi connectivity index (χ1v) is 6.23. The molecule has 1 aromatic heterocycles. The van der Waals surface area contributed by atoms with Gasteiger partial charge in [-0.3, -0.25) is 10.3 Å². The van der Waals surface area contributed by atoms with Gasteiger partial charge in [-0.15, -0.1) is 0 Å². The molecule has 0 radical (unpaired) electrons. The highest BCUT2D eigenvalue weighted by Crippen LogP contribution is 2.23. The minimum Gasteiger partial charge on any atom is -0.444 e. The van der Waals surface area contributed by atoms with Crippen molar-refractivity contribution >= 4 is 27.7 Å². The fourth-order valence-electron chi connectivity index (χ4n) is 1.38. The summed E-state index contributed by atoms with van der Waals surface area (Å²) in [5.41, 5.74) is 1.09. The summed E-state index contributed by atoms with van der Waals surface area (Å²) in [6, 6.07) is 9.26. The average Bonchev–Trinajstić information content (AvgIpc) is 2.43. The second-order valence-electron chi connectivity index (χ2n) is 3.67. The van der Waals surface area contributed by atoms with Gasteiger partial charge in [-0.1, -0.05) is 30.3 Å². The van der Waals surface area contributed by atoms with Crippen molar-refractivity contribution in [2.24, 2.45) is 0 Å². The number of hydrogen-bond acceptors (Lipinski definition) is 3. The summed E-state index contributed by atoms with van der Waals surface area (Å²) in [5, 5.41) is 2.41. The first-order valence-electron chi connectivity index (χ1n) is 5.43. The van der Waals surface area contributed by atoms with Crippen molar-refractivity contribution in [2.75, 3.05) is 5.32 Å². The Morgan fingerprint density at radius 1 is 1.32 bits per heavy atom. The summed E-state index contributed by atoms with van der Waals surface area (Å²) in [6.45, 7) is 0.146. The monoisotopic (exact) mass is 324 g/mol. The lowest BCUT2D eigenvalue weighted by molar-refractivity contribution is 0.155. The summed E-state index contributed by atoms with van der Waals surface area (Å²) in [4.78, 5) is 15.2. The van der Waals surface area contributed by atoms with E-state index in [1.165, 1.54) is 6.20 Å². The van der Waals surface area contributed by atoms with Gasteiger partial charge in [0.25, 0.3) is 0 Å². The van der Waals surface area contributed by atoms with Crippen molar-refractivity contribution in [1.82, 2.24) is 4.98 Å². The Bertz CT molecular complexity index is 578. The summed E-state index contributed by atoms with van der Waals surface area (Å²) in [5.74, 6) is -0.555. The zero-order valence-electron chi connectivity index (χ0n) is 9.77. The van der Waals surface area contributed by atoms with E-state index in [2.05, 4.69) is 26.2 Å². The van der Waals surface area contributed by atoms with Crippen LogP contribution in [-0.2, 0) is 11.3 Å². The molecule has 0 spiro atoms. The molecular weight excluding hydrogens is 315 g/mol. The fourth-order valence-corrected chi connectivity index (χ4v) is 1.68. The number of aromatic nitrogens is 1. The molecule has 1 heterocycles. The summed E-state index contributed by atoms with van der Waals surface area (Å²) in [7, 11) is 0. The number of carbonyl (C=O) groups is 1. The third-order valence-electron chi connectivity index (χ3n) is 2.29.